The lowest BCUT2D eigenvalue weighted by Crippen LogP contribution is -2.38. The topological polar surface area (TPSA) is 23.4 Å². The summed E-state index contributed by atoms with van der Waals surface area (Å²) < 4.78 is 41.2. The Hall–Kier alpha value is -2.83. The molecule has 0 unspecified atom stereocenters. The molecular weight excluding hydrogens is 461 g/mol. The van der Waals surface area contributed by atoms with E-state index in [0.717, 1.165) is 28.9 Å². The van der Waals surface area contributed by atoms with Crippen molar-refractivity contribution in [1.82, 2.24) is 4.57 Å². The third-order valence-electron chi connectivity index (χ3n) is 8.17. The largest absolute Gasteiger partial charge is 0.391 e. The maximum Gasteiger partial charge on any atom is 0.391 e. The van der Waals surface area contributed by atoms with Crippen LogP contribution in [0.1, 0.15) is 38.5 Å². The van der Waals surface area contributed by atoms with Gasteiger partial charge in [-0.25, -0.2) is 0 Å². The first kappa shape index (κ1) is 23.6. The number of benzene rings is 2. The fourth-order valence-electron chi connectivity index (χ4n) is 5.57. The van der Waals surface area contributed by atoms with Crippen LogP contribution in [0.15, 0.2) is 48.5 Å². The second-order valence-electron chi connectivity index (χ2n) is 11.1. The van der Waals surface area contributed by atoms with Gasteiger partial charge in [0.05, 0.1) is 11.4 Å². The standard InChI is InChI=1S/C29H35F3N4/c1-34-27-17-25(7-6-22(27)16-28(34)36(18-20-2-3-20)19-21-4-5-21)33-24-8-10-26(11-9-24)35-14-12-23(13-15-35)29(30,31)32/h6-11,16-17,20-21,23,33H,2-5,12-15,18-19H2,1H3. The fourth-order valence-corrected chi connectivity index (χ4v) is 5.57. The van der Waals surface area contributed by atoms with Crippen molar-refractivity contribution in [3.05, 3.63) is 48.5 Å². The van der Waals surface area contributed by atoms with E-state index in [2.05, 4.69) is 51.0 Å². The summed E-state index contributed by atoms with van der Waals surface area (Å²) in [5.74, 6) is 1.87. The minimum absolute atomic E-state index is 0.168. The van der Waals surface area contributed by atoms with Gasteiger partial charge in [-0.1, -0.05) is 6.07 Å². The first-order chi connectivity index (χ1) is 17.3. The molecule has 0 radical (unpaired) electrons. The number of halogens is 3. The molecule has 0 bridgehead atoms. The SMILES string of the molecule is Cn1c(N(CC2CC2)CC2CC2)cc2ccc(Nc3ccc(N4CCC(C(F)(F)F)CC4)cc3)cc21. The molecule has 0 spiro atoms. The quantitative estimate of drug-likeness (QED) is 0.353. The zero-order valence-corrected chi connectivity index (χ0v) is 20.9. The number of rotatable bonds is 8. The molecule has 2 aliphatic carbocycles. The fraction of sp³-hybridized carbons (Fsp3) is 0.517. The Morgan fingerprint density at radius 1 is 0.833 bits per heavy atom. The Morgan fingerprint density at radius 2 is 1.44 bits per heavy atom. The van der Waals surface area contributed by atoms with Crippen molar-refractivity contribution in [1.29, 1.82) is 0 Å². The number of aromatic nitrogens is 1. The molecule has 192 valence electrons. The molecule has 4 nitrogen and oxygen atoms in total. The lowest BCUT2D eigenvalue weighted by molar-refractivity contribution is -0.179. The number of hydrogen-bond donors (Lipinski definition) is 1. The van der Waals surface area contributed by atoms with Crippen LogP contribution in [0.2, 0.25) is 0 Å². The van der Waals surface area contributed by atoms with Gasteiger partial charge in [0.25, 0.3) is 0 Å². The van der Waals surface area contributed by atoms with Crippen LogP contribution in [0.4, 0.5) is 36.1 Å². The van der Waals surface area contributed by atoms with Gasteiger partial charge in [0, 0.05) is 55.7 Å². The van der Waals surface area contributed by atoms with Gasteiger partial charge in [0.1, 0.15) is 5.82 Å². The van der Waals surface area contributed by atoms with Crippen molar-refractivity contribution in [2.24, 2.45) is 24.8 Å². The molecule has 1 aliphatic heterocycles. The van der Waals surface area contributed by atoms with Gasteiger partial charge >= 0.3 is 6.18 Å². The van der Waals surface area contributed by atoms with E-state index in [9.17, 15) is 13.2 Å². The molecule has 2 saturated carbocycles. The van der Waals surface area contributed by atoms with Gasteiger partial charge in [-0.05, 0) is 92.8 Å². The van der Waals surface area contributed by atoms with E-state index in [1.807, 2.05) is 24.3 Å². The molecule has 2 aromatic carbocycles. The number of anilines is 4. The second kappa shape index (κ2) is 9.24. The number of aryl methyl sites for hydroxylation is 1. The van der Waals surface area contributed by atoms with Crippen LogP contribution in [0, 0.1) is 17.8 Å². The van der Waals surface area contributed by atoms with Crippen molar-refractivity contribution in [2.75, 3.05) is 41.3 Å². The van der Waals surface area contributed by atoms with E-state index in [1.54, 1.807) is 0 Å². The normalized spacial score (nSPS) is 19.2. The third-order valence-corrected chi connectivity index (χ3v) is 8.17. The zero-order valence-electron chi connectivity index (χ0n) is 20.9. The molecule has 1 N–H and O–H groups in total. The van der Waals surface area contributed by atoms with Crippen LogP contribution in [0.25, 0.3) is 10.9 Å². The highest BCUT2D eigenvalue weighted by Crippen LogP contribution is 2.38. The summed E-state index contributed by atoms with van der Waals surface area (Å²) in [5, 5.41) is 4.77. The minimum atomic E-state index is -4.08. The summed E-state index contributed by atoms with van der Waals surface area (Å²) in [6.07, 6.45) is 1.72. The van der Waals surface area contributed by atoms with E-state index in [0.29, 0.717) is 13.1 Å². The smallest absolute Gasteiger partial charge is 0.372 e. The third kappa shape index (κ3) is 5.16. The van der Waals surface area contributed by atoms with Gasteiger partial charge in [0.15, 0.2) is 0 Å². The minimum Gasteiger partial charge on any atom is -0.372 e. The van der Waals surface area contributed by atoms with E-state index in [4.69, 9.17) is 0 Å². The van der Waals surface area contributed by atoms with Crippen molar-refractivity contribution in [2.45, 2.75) is 44.7 Å². The summed E-state index contributed by atoms with van der Waals surface area (Å²) in [7, 11) is 2.17. The van der Waals surface area contributed by atoms with Gasteiger partial charge in [-0.15, -0.1) is 0 Å². The summed E-state index contributed by atoms with van der Waals surface area (Å²) in [4.78, 5) is 4.66. The maximum atomic E-state index is 13.0. The lowest BCUT2D eigenvalue weighted by atomic mass is 9.96. The van der Waals surface area contributed by atoms with Crippen LogP contribution in [0.3, 0.4) is 0 Å². The lowest BCUT2D eigenvalue weighted by Gasteiger charge is -2.34. The monoisotopic (exact) mass is 496 g/mol. The first-order valence-corrected chi connectivity index (χ1v) is 13.4. The molecule has 7 heteroatoms. The summed E-state index contributed by atoms with van der Waals surface area (Å²) in [5.41, 5.74) is 4.21. The van der Waals surface area contributed by atoms with E-state index >= 15 is 0 Å². The van der Waals surface area contributed by atoms with Crippen molar-refractivity contribution in [3.63, 3.8) is 0 Å². The predicted molar refractivity (Wildman–Crippen MR) is 141 cm³/mol. The predicted octanol–water partition coefficient (Wildman–Crippen LogP) is 7.33. The summed E-state index contributed by atoms with van der Waals surface area (Å²) >= 11 is 0. The van der Waals surface area contributed by atoms with Crippen LogP contribution >= 0.6 is 0 Å². The maximum absolute atomic E-state index is 13.0. The molecule has 1 saturated heterocycles. The van der Waals surface area contributed by atoms with Crippen LogP contribution < -0.4 is 15.1 Å². The number of piperidine rings is 1. The van der Waals surface area contributed by atoms with E-state index in [1.165, 1.54) is 55.5 Å². The van der Waals surface area contributed by atoms with Crippen LogP contribution in [-0.4, -0.2) is 36.9 Å². The Labute approximate surface area is 211 Å². The average Bonchev–Trinajstić information content (AvgIpc) is 3.80. The number of alkyl halides is 3. The molecule has 3 aliphatic rings. The average molecular weight is 497 g/mol. The van der Waals surface area contributed by atoms with Crippen LogP contribution in [0.5, 0.6) is 0 Å². The Kier molecular flexibility index (Phi) is 6.05. The van der Waals surface area contributed by atoms with Gasteiger partial charge in [0.2, 0.25) is 0 Å². The molecule has 0 atom stereocenters. The Bertz CT molecular complexity index is 1190. The van der Waals surface area contributed by atoms with Gasteiger partial charge in [-0.2, -0.15) is 13.2 Å². The van der Waals surface area contributed by atoms with Crippen molar-refractivity contribution in [3.8, 4) is 0 Å². The van der Waals surface area contributed by atoms with Gasteiger partial charge < -0.3 is 19.7 Å². The zero-order chi connectivity index (χ0) is 24.9. The first-order valence-electron chi connectivity index (χ1n) is 13.4. The molecule has 1 aromatic heterocycles. The molecule has 6 rings (SSSR count). The number of fused-ring (bicyclic) bond motifs is 1. The molecule has 3 fully saturated rings. The summed E-state index contributed by atoms with van der Waals surface area (Å²) in [6.45, 7) is 3.24. The molecular formula is C29H35F3N4. The number of nitrogens with one attached hydrogen (secondary N) is 1. The second-order valence-corrected chi connectivity index (χ2v) is 11.1. The molecule has 3 aromatic rings. The van der Waals surface area contributed by atoms with Crippen LogP contribution in [-0.2, 0) is 7.05 Å². The Balaban J connectivity index is 1.14. The highest BCUT2D eigenvalue weighted by molar-refractivity contribution is 5.88. The number of hydrogen-bond acceptors (Lipinski definition) is 3. The van der Waals surface area contributed by atoms with E-state index < -0.39 is 12.1 Å². The molecule has 0 amide bonds. The summed E-state index contributed by atoms with van der Waals surface area (Å²) in [6, 6.07) is 16.9. The van der Waals surface area contributed by atoms with Gasteiger partial charge in [-0.3, -0.25) is 0 Å². The van der Waals surface area contributed by atoms with E-state index in [-0.39, 0.29) is 12.8 Å². The molecule has 36 heavy (non-hydrogen) atoms. The molecule has 2 heterocycles. The highest BCUT2D eigenvalue weighted by Gasteiger charge is 2.41. The highest BCUT2D eigenvalue weighted by atomic mass is 19.4. The number of nitrogens with zero attached hydrogens (tertiary/aromatic N) is 3. The van der Waals surface area contributed by atoms with Crippen molar-refractivity contribution >= 4 is 33.8 Å². The van der Waals surface area contributed by atoms with Crippen molar-refractivity contribution < 1.29 is 13.2 Å². The Morgan fingerprint density at radius 3 is 2.03 bits per heavy atom.